The van der Waals surface area contributed by atoms with Crippen LogP contribution in [0.2, 0.25) is 0 Å². The third kappa shape index (κ3) is 20.8. The number of ketones is 1. The number of cyclic esters (lactones) is 1. The lowest BCUT2D eigenvalue weighted by molar-refractivity contribution is -0.230. The first-order valence-electron chi connectivity index (χ1n) is 20.8. The van der Waals surface area contributed by atoms with Crippen LogP contribution in [-0.4, -0.2) is 149 Å². The van der Waals surface area contributed by atoms with Gasteiger partial charge in [-0.3, -0.25) is 9.59 Å². The SMILES string of the molecule is CC.CC.CC.CC.CC1CC(N(C)C)[C@@H](O)C(O)O1.CC1C[C@H]2C[C@](C)(O)C[C@@H](C)CNC(C)C(O2)C(O)[C@@H](C)OC1=O.CO[C@]1(C)CC(O)OCC1=O. The molecule has 4 heterocycles. The van der Waals surface area contributed by atoms with Crippen LogP contribution in [-0.2, 0) is 33.3 Å². The van der Waals surface area contributed by atoms with Crippen molar-refractivity contribution in [3.63, 3.8) is 0 Å². The van der Waals surface area contributed by atoms with Crippen molar-refractivity contribution < 1.29 is 58.8 Å². The van der Waals surface area contributed by atoms with Crippen LogP contribution in [0.5, 0.6) is 0 Å². The van der Waals surface area contributed by atoms with Crippen molar-refractivity contribution in [1.29, 1.82) is 0 Å². The summed E-state index contributed by atoms with van der Waals surface area (Å²) >= 11 is 0. The average Bonchev–Trinajstić information content (AvgIpc) is 3.18. The van der Waals surface area contributed by atoms with Crippen molar-refractivity contribution in [2.24, 2.45) is 11.8 Å². The summed E-state index contributed by atoms with van der Waals surface area (Å²) in [4.78, 5) is 25.2. The summed E-state index contributed by atoms with van der Waals surface area (Å²) in [5, 5.41) is 52.6. The van der Waals surface area contributed by atoms with Gasteiger partial charge in [-0.25, -0.2) is 0 Å². The van der Waals surface area contributed by atoms with Crippen LogP contribution in [0, 0.1) is 11.8 Å². The van der Waals surface area contributed by atoms with Gasteiger partial charge in [0.25, 0.3) is 0 Å². The largest absolute Gasteiger partial charge is 0.460 e. The molecule has 0 saturated carbocycles. The van der Waals surface area contributed by atoms with E-state index in [1.165, 1.54) is 7.11 Å². The Balaban J connectivity index is -0.000000734. The maximum absolute atomic E-state index is 12.2. The van der Waals surface area contributed by atoms with Gasteiger partial charge >= 0.3 is 5.97 Å². The van der Waals surface area contributed by atoms with Crippen molar-refractivity contribution in [2.45, 2.75) is 208 Å². The number of hydrogen-bond acceptors (Lipinski definition) is 14. The highest BCUT2D eigenvalue weighted by atomic mass is 16.6. The molecule has 0 aromatic rings. The monoisotopic (exact) mass is 799 g/mol. The van der Waals surface area contributed by atoms with E-state index in [9.17, 15) is 30.0 Å². The van der Waals surface area contributed by atoms with E-state index in [2.05, 4.69) is 12.2 Å². The minimum atomic E-state index is -1.04. The minimum Gasteiger partial charge on any atom is -0.460 e. The molecule has 4 aliphatic heterocycles. The Bertz CT molecular complexity index is 989. The number of Topliss-reactive ketones (excluding diaryl/α,β-unsaturated/α-hetero) is 1. The molecule has 6 N–H and O–H groups in total. The van der Waals surface area contributed by atoms with Gasteiger partial charge in [0, 0.05) is 32.0 Å². The standard InChI is InChI=1S/C18H33NO5.C8H17NO3.C7H12O4.4C2H6/c1-10-7-18(5,22)8-14-6-11(2)17(21)23-13(4)15(20)16(24-14)12(3)19-9-10;1-5-4-6(9(2)3)7(10)8(11)12-5;1-7(10-2)3-6(9)11-4-5(7)8;4*1-2/h10-16,19-20,22H,6-9H2,1-5H3;5-8,10-11H,4H2,1-3H3;6,9H,3-4H2,1-2H3;4*1-2H3/t10-,11?,12?,13-,14+,15?,16?,18-;5?,6?,7-,8?;6?,7-;;;;/m111..../s1. The Morgan fingerprint density at radius 2 is 1.35 bits per heavy atom. The first-order valence-corrected chi connectivity index (χ1v) is 20.8. The molecule has 0 aromatic carbocycles. The number of nitrogens with zero attached hydrogens (tertiary/aromatic N) is 1. The highest BCUT2D eigenvalue weighted by molar-refractivity contribution is 5.88. The second-order valence-corrected chi connectivity index (χ2v) is 14.6. The lowest BCUT2D eigenvalue weighted by atomic mass is 9.85. The molecule has 4 aliphatic rings. The normalized spacial score (nSPS) is 39.0. The van der Waals surface area contributed by atoms with Gasteiger partial charge < -0.3 is 59.4 Å². The molecule has 332 valence electrons. The molecule has 2 bridgehead atoms. The van der Waals surface area contributed by atoms with Gasteiger partial charge in [0.05, 0.1) is 23.7 Å². The molecule has 14 nitrogen and oxygen atoms in total. The lowest BCUT2D eigenvalue weighted by Gasteiger charge is -2.39. The number of aliphatic hydroxyl groups excluding tert-OH is 4. The molecule has 4 saturated heterocycles. The summed E-state index contributed by atoms with van der Waals surface area (Å²) in [5.41, 5.74) is -1.73. The molecular formula is C41H86N2O12. The molecule has 4 rings (SSSR count). The van der Waals surface area contributed by atoms with E-state index in [0.717, 1.165) is 13.0 Å². The smallest absolute Gasteiger partial charge is 0.309 e. The number of fused-ring (bicyclic) bond motifs is 2. The minimum absolute atomic E-state index is 0.01000. The van der Waals surface area contributed by atoms with Crippen LogP contribution in [0.4, 0.5) is 0 Å². The lowest BCUT2D eigenvalue weighted by Crippen LogP contribution is -2.53. The molecular weight excluding hydrogens is 712 g/mol. The molecule has 0 aromatic heterocycles. The Labute approximate surface area is 335 Å². The summed E-state index contributed by atoms with van der Waals surface area (Å²) < 4.78 is 26.4. The number of carbonyl (C=O) groups is 2. The molecule has 55 heavy (non-hydrogen) atoms. The van der Waals surface area contributed by atoms with Crippen LogP contribution in [0.25, 0.3) is 0 Å². The zero-order valence-corrected chi connectivity index (χ0v) is 37.9. The highest BCUT2D eigenvalue weighted by Crippen LogP contribution is 2.31. The fraction of sp³-hybridized carbons (Fsp3) is 0.951. The van der Waals surface area contributed by atoms with Gasteiger partial charge in [-0.1, -0.05) is 69.2 Å². The fourth-order valence-electron chi connectivity index (χ4n) is 6.52. The van der Waals surface area contributed by atoms with Crippen LogP contribution in [0.1, 0.15) is 136 Å². The number of esters is 1. The molecule has 0 amide bonds. The third-order valence-corrected chi connectivity index (χ3v) is 9.53. The summed E-state index contributed by atoms with van der Waals surface area (Å²) in [6.07, 6.45) is -2.50. The molecule has 8 unspecified atom stereocenters. The summed E-state index contributed by atoms with van der Waals surface area (Å²) in [6, 6.07) is -0.0914. The first-order chi connectivity index (χ1) is 25.7. The third-order valence-electron chi connectivity index (χ3n) is 9.53. The molecule has 0 radical (unpaired) electrons. The van der Waals surface area contributed by atoms with Gasteiger partial charge in [0.2, 0.25) is 0 Å². The molecule has 4 fully saturated rings. The topological polar surface area (TPSA) is 197 Å². The van der Waals surface area contributed by atoms with Gasteiger partial charge in [0.15, 0.2) is 18.4 Å². The summed E-state index contributed by atoms with van der Waals surface area (Å²) in [5.74, 6) is -0.468. The van der Waals surface area contributed by atoms with Crippen molar-refractivity contribution >= 4 is 11.8 Å². The number of ether oxygens (including phenoxy) is 5. The fourth-order valence-corrected chi connectivity index (χ4v) is 6.52. The predicted molar refractivity (Wildman–Crippen MR) is 218 cm³/mol. The van der Waals surface area contributed by atoms with Crippen LogP contribution in [0.3, 0.4) is 0 Å². The van der Waals surface area contributed by atoms with E-state index in [0.29, 0.717) is 25.2 Å². The quantitative estimate of drug-likeness (QED) is 0.215. The maximum Gasteiger partial charge on any atom is 0.309 e. The number of rotatable bonds is 2. The average molecular weight is 799 g/mol. The Morgan fingerprint density at radius 1 is 0.800 bits per heavy atom. The zero-order chi connectivity index (χ0) is 43.9. The second kappa shape index (κ2) is 29.8. The van der Waals surface area contributed by atoms with E-state index in [4.69, 9.17) is 28.8 Å². The number of likely N-dealkylation sites (N-methyl/N-ethyl adjacent to an activating group) is 1. The molecule has 14 heteroatoms. The van der Waals surface area contributed by atoms with Crippen molar-refractivity contribution in [2.75, 3.05) is 34.4 Å². The predicted octanol–water partition coefficient (Wildman–Crippen LogP) is 4.44. The van der Waals surface area contributed by atoms with E-state index in [-0.39, 0.29) is 55.0 Å². The molecule has 0 aliphatic carbocycles. The first kappa shape index (κ1) is 58.0. The maximum atomic E-state index is 12.2. The highest BCUT2D eigenvalue weighted by Gasteiger charge is 2.42. The van der Waals surface area contributed by atoms with E-state index >= 15 is 0 Å². The number of aliphatic hydroxyl groups is 5. The second-order valence-electron chi connectivity index (χ2n) is 14.6. The van der Waals surface area contributed by atoms with Crippen molar-refractivity contribution in [1.82, 2.24) is 10.2 Å². The van der Waals surface area contributed by atoms with Gasteiger partial charge in [-0.2, -0.15) is 0 Å². The van der Waals surface area contributed by atoms with Crippen molar-refractivity contribution in [3.8, 4) is 0 Å². The molecule has 0 spiro atoms. The Morgan fingerprint density at radius 3 is 1.84 bits per heavy atom. The number of methoxy groups -OCH3 is 1. The Hall–Kier alpha value is -1.30. The zero-order valence-electron chi connectivity index (χ0n) is 37.9. The number of carbonyl (C=O) groups excluding carboxylic acids is 2. The summed E-state index contributed by atoms with van der Waals surface area (Å²) in [6.45, 7) is 29.6. The van der Waals surface area contributed by atoms with E-state index in [1.54, 1.807) is 13.8 Å². The van der Waals surface area contributed by atoms with Crippen molar-refractivity contribution in [3.05, 3.63) is 0 Å². The van der Waals surface area contributed by atoms with Crippen LogP contribution >= 0.6 is 0 Å². The van der Waals surface area contributed by atoms with Crippen LogP contribution in [0.15, 0.2) is 0 Å². The molecule has 14 atom stereocenters. The van der Waals surface area contributed by atoms with Gasteiger partial charge in [0.1, 0.15) is 36.6 Å². The van der Waals surface area contributed by atoms with Gasteiger partial charge in [-0.05, 0) is 80.4 Å². The van der Waals surface area contributed by atoms with E-state index < -0.39 is 48.2 Å². The van der Waals surface area contributed by atoms with E-state index in [1.807, 2.05) is 102 Å². The number of nitrogens with one attached hydrogen (secondary N) is 1. The number of hydrogen-bond donors (Lipinski definition) is 6. The van der Waals surface area contributed by atoms with Gasteiger partial charge in [-0.15, -0.1) is 0 Å². The van der Waals surface area contributed by atoms with Crippen LogP contribution < -0.4 is 5.32 Å². The summed E-state index contributed by atoms with van der Waals surface area (Å²) in [7, 11) is 5.23. The Kier molecular flexibility index (Phi) is 31.5.